The molecule has 11 heteroatoms. The van der Waals surface area contributed by atoms with Gasteiger partial charge in [-0.15, -0.1) is 0 Å². The molecule has 3 aromatic rings. The minimum atomic E-state index is 0.334. The molecule has 0 unspecified atom stereocenters. The Labute approximate surface area is 208 Å². The van der Waals surface area contributed by atoms with Crippen molar-refractivity contribution in [3.63, 3.8) is 0 Å². The average molecular weight is 577 g/mol. The summed E-state index contributed by atoms with van der Waals surface area (Å²) in [5.41, 5.74) is 5.82. The maximum atomic E-state index is 5.46. The maximum absolute atomic E-state index is 5.46. The van der Waals surface area contributed by atoms with E-state index >= 15 is 0 Å². The third-order valence-electron chi connectivity index (χ3n) is 4.84. The zero-order chi connectivity index (χ0) is 23.2. The Morgan fingerprint density at radius 2 is 1.82 bits per heavy atom. The van der Waals surface area contributed by atoms with E-state index in [1.54, 1.807) is 13.3 Å². The number of ether oxygens (including phenoxy) is 2. The van der Waals surface area contributed by atoms with E-state index in [9.17, 15) is 0 Å². The quantitative estimate of drug-likeness (QED) is 0.307. The summed E-state index contributed by atoms with van der Waals surface area (Å²) < 4.78 is 12.5. The monoisotopic (exact) mass is 575 g/mol. The lowest BCUT2D eigenvalue weighted by Crippen LogP contribution is -2.37. The molecular formula is C22H23Br2N7O2. The zero-order valence-electron chi connectivity index (χ0n) is 18.2. The zero-order valence-corrected chi connectivity index (χ0v) is 21.4. The summed E-state index contributed by atoms with van der Waals surface area (Å²) in [6, 6.07) is 11.7. The van der Waals surface area contributed by atoms with E-state index in [0.29, 0.717) is 44.1 Å². The molecule has 172 valence electrons. The number of anilines is 4. The number of hydrogen-bond acceptors (Lipinski definition) is 9. The Kier molecular flexibility index (Phi) is 7.73. The molecule has 0 radical (unpaired) electrons. The van der Waals surface area contributed by atoms with Crippen LogP contribution in [0.2, 0.25) is 0 Å². The second kappa shape index (κ2) is 10.9. The molecular weight excluding hydrogens is 554 g/mol. The largest absolute Gasteiger partial charge is 0.496 e. The molecule has 0 spiro atoms. The predicted octanol–water partition coefficient (Wildman–Crippen LogP) is 4.74. The number of hydrazone groups is 1. The normalized spacial score (nSPS) is 13.9. The van der Waals surface area contributed by atoms with Gasteiger partial charge in [0.25, 0.3) is 0 Å². The van der Waals surface area contributed by atoms with Crippen LogP contribution in [0.1, 0.15) is 11.1 Å². The van der Waals surface area contributed by atoms with Gasteiger partial charge in [0.05, 0.1) is 36.7 Å². The Balaban J connectivity index is 1.57. The highest BCUT2D eigenvalue weighted by molar-refractivity contribution is 9.11. The molecule has 1 aliphatic rings. The Morgan fingerprint density at radius 3 is 2.55 bits per heavy atom. The predicted molar refractivity (Wildman–Crippen MR) is 137 cm³/mol. The van der Waals surface area contributed by atoms with E-state index in [1.165, 1.54) is 0 Å². The van der Waals surface area contributed by atoms with E-state index < -0.39 is 0 Å². The fourth-order valence-corrected chi connectivity index (χ4v) is 4.30. The molecule has 2 aromatic carbocycles. The number of rotatable bonds is 7. The number of methoxy groups -OCH3 is 1. The number of benzene rings is 2. The molecule has 1 fully saturated rings. The van der Waals surface area contributed by atoms with Crippen LogP contribution in [0.5, 0.6) is 5.75 Å². The van der Waals surface area contributed by atoms with Crippen molar-refractivity contribution in [3.8, 4) is 5.75 Å². The van der Waals surface area contributed by atoms with Gasteiger partial charge in [0.15, 0.2) is 0 Å². The molecule has 9 nitrogen and oxygen atoms in total. The smallest absolute Gasteiger partial charge is 0.250 e. The van der Waals surface area contributed by atoms with Gasteiger partial charge in [-0.2, -0.15) is 20.1 Å². The summed E-state index contributed by atoms with van der Waals surface area (Å²) in [6.07, 6.45) is 1.69. The topological polar surface area (TPSA) is 96.8 Å². The first-order valence-corrected chi connectivity index (χ1v) is 11.8. The molecule has 1 saturated heterocycles. The number of morpholine rings is 1. The summed E-state index contributed by atoms with van der Waals surface area (Å²) >= 11 is 7.07. The SMILES string of the molecule is COc1ccc(/C=N\Nc2nc(Nc3ccc(C)cc3Br)nc(N3CCOCC3)n2)cc1Br. The maximum Gasteiger partial charge on any atom is 0.250 e. The van der Waals surface area contributed by atoms with Gasteiger partial charge in [0, 0.05) is 17.6 Å². The van der Waals surface area contributed by atoms with Gasteiger partial charge in [-0.25, -0.2) is 5.43 Å². The molecule has 2 heterocycles. The van der Waals surface area contributed by atoms with Crippen molar-refractivity contribution in [1.82, 2.24) is 15.0 Å². The van der Waals surface area contributed by atoms with Crippen molar-refractivity contribution < 1.29 is 9.47 Å². The average Bonchev–Trinajstić information content (AvgIpc) is 2.81. The van der Waals surface area contributed by atoms with E-state index in [4.69, 9.17) is 9.47 Å². The Hall–Kier alpha value is -2.76. The van der Waals surface area contributed by atoms with Crippen LogP contribution < -0.4 is 20.4 Å². The third kappa shape index (κ3) is 6.18. The lowest BCUT2D eigenvalue weighted by Gasteiger charge is -2.27. The molecule has 1 aromatic heterocycles. The van der Waals surface area contributed by atoms with Gasteiger partial charge >= 0.3 is 0 Å². The van der Waals surface area contributed by atoms with Crippen LogP contribution in [-0.4, -0.2) is 54.6 Å². The van der Waals surface area contributed by atoms with Crippen LogP contribution in [-0.2, 0) is 4.74 Å². The summed E-state index contributed by atoms with van der Waals surface area (Å²) in [4.78, 5) is 15.7. The first-order valence-electron chi connectivity index (χ1n) is 10.3. The number of aryl methyl sites for hydroxylation is 1. The highest BCUT2D eigenvalue weighted by atomic mass is 79.9. The summed E-state index contributed by atoms with van der Waals surface area (Å²) in [5.74, 6) is 2.07. The van der Waals surface area contributed by atoms with Crippen LogP contribution >= 0.6 is 31.9 Å². The summed E-state index contributed by atoms with van der Waals surface area (Å²) in [6.45, 7) is 4.71. The first-order chi connectivity index (χ1) is 16.0. The fourth-order valence-electron chi connectivity index (χ4n) is 3.14. The second-order valence-electron chi connectivity index (χ2n) is 7.25. The van der Waals surface area contributed by atoms with Crippen molar-refractivity contribution in [2.45, 2.75) is 6.92 Å². The van der Waals surface area contributed by atoms with Crippen molar-refractivity contribution in [2.24, 2.45) is 5.10 Å². The van der Waals surface area contributed by atoms with Crippen LogP contribution in [0.4, 0.5) is 23.5 Å². The van der Waals surface area contributed by atoms with Gasteiger partial charge < -0.3 is 19.7 Å². The van der Waals surface area contributed by atoms with E-state index in [0.717, 1.165) is 31.5 Å². The first kappa shape index (κ1) is 23.4. The molecule has 0 amide bonds. The fraction of sp³-hybridized carbons (Fsp3) is 0.273. The molecule has 4 rings (SSSR count). The Bertz CT molecular complexity index is 1150. The van der Waals surface area contributed by atoms with Gasteiger partial charge in [0.2, 0.25) is 17.8 Å². The van der Waals surface area contributed by atoms with Crippen LogP contribution in [0.15, 0.2) is 50.4 Å². The van der Waals surface area contributed by atoms with E-state index in [-0.39, 0.29) is 0 Å². The number of hydrogen-bond donors (Lipinski definition) is 2. The molecule has 2 N–H and O–H groups in total. The van der Waals surface area contributed by atoms with Crippen LogP contribution in [0.25, 0.3) is 0 Å². The molecule has 0 saturated carbocycles. The van der Waals surface area contributed by atoms with Crippen molar-refractivity contribution in [1.29, 1.82) is 0 Å². The molecule has 0 aliphatic carbocycles. The van der Waals surface area contributed by atoms with E-state index in [1.807, 2.05) is 43.3 Å². The Morgan fingerprint density at radius 1 is 1.03 bits per heavy atom. The second-order valence-corrected chi connectivity index (χ2v) is 8.96. The van der Waals surface area contributed by atoms with Crippen molar-refractivity contribution in [2.75, 3.05) is 49.1 Å². The molecule has 33 heavy (non-hydrogen) atoms. The van der Waals surface area contributed by atoms with E-state index in [2.05, 4.69) is 67.6 Å². The standard InChI is InChI=1S/C22H23Br2N7O2/c1-14-3-5-18(16(23)11-14)26-20-27-21(29-22(28-20)31-7-9-33-10-8-31)30-25-13-15-4-6-19(32-2)17(24)12-15/h3-6,11-13H,7-10H2,1-2H3,(H2,26,27,28,29,30)/b25-13-. The summed E-state index contributed by atoms with van der Waals surface area (Å²) in [5, 5.41) is 7.57. The van der Waals surface area contributed by atoms with Gasteiger partial charge in [-0.05, 0) is 80.2 Å². The van der Waals surface area contributed by atoms with Crippen LogP contribution in [0.3, 0.4) is 0 Å². The number of nitrogens with zero attached hydrogens (tertiary/aromatic N) is 5. The number of halogens is 2. The minimum absolute atomic E-state index is 0.334. The lowest BCUT2D eigenvalue weighted by molar-refractivity contribution is 0.122. The number of aromatic nitrogens is 3. The molecule has 0 atom stereocenters. The van der Waals surface area contributed by atoms with Crippen LogP contribution in [0, 0.1) is 6.92 Å². The van der Waals surface area contributed by atoms with Gasteiger partial charge in [0.1, 0.15) is 5.75 Å². The highest BCUT2D eigenvalue weighted by Gasteiger charge is 2.17. The molecule has 0 bridgehead atoms. The third-order valence-corrected chi connectivity index (χ3v) is 6.12. The number of nitrogens with one attached hydrogen (secondary N) is 2. The van der Waals surface area contributed by atoms with Gasteiger partial charge in [-0.1, -0.05) is 6.07 Å². The lowest BCUT2D eigenvalue weighted by atomic mass is 10.2. The highest BCUT2D eigenvalue weighted by Crippen LogP contribution is 2.27. The van der Waals surface area contributed by atoms with Crippen molar-refractivity contribution >= 4 is 61.6 Å². The van der Waals surface area contributed by atoms with Crippen molar-refractivity contribution in [3.05, 3.63) is 56.5 Å². The minimum Gasteiger partial charge on any atom is -0.496 e. The summed E-state index contributed by atoms with van der Waals surface area (Å²) in [7, 11) is 1.63. The molecule has 1 aliphatic heterocycles. The van der Waals surface area contributed by atoms with Gasteiger partial charge in [-0.3, -0.25) is 0 Å².